The molecule has 0 spiro atoms. The molecule has 0 unspecified atom stereocenters. The quantitative estimate of drug-likeness (QED) is 0.455. The van der Waals surface area contributed by atoms with Crippen molar-refractivity contribution in [3.63, 3.8) is 0 Å². The van der Waals surface area contributed by atoms with Gasteiger partial charge in [0.25, 0.3) is 0 Å². The van der Waals surface area contributed by atoms with Gasteiger partial charge in [-0.1, -0.05) is 0 Å². The summed E-state index contributed by atoms with van der Waals surface area (Å²) in [5.74, 6) is 0. The van der Waals surface area contributed by atoms with E-state index < -0.39 is 5.54 Å². The van der Waals surface area contributed by atoms with Crippen molar-refractivity contribution < 1.29 is 10.2 Å². The summed E-state index contributed by atoms with van der Waals surface area (Å²) in [5.41, 5.74) is 10.1. The number of aliphatic hydroxyl groups is 2. The highest BCUT2D eigenvalue weighted by atomic mass is 16.3. The molecule has 0 aliphatic rings. The van der Waals surface area contributed by atoms with Gasteiger partial charge in [0.05, 0.1) is 6.61 Å². The number of hydrogen-bond donors (Lipinski definition) is 4. The van der Waals surface area contributed by atoms with Crippen LogP contribution in [0, 0.1) is 0 Å². The average Bonchev–Trinajstić information content (AvgIpc) is 2.06. The van der Waals surface area contributed by atoms with Crippen LogP contribution in [0.5, 0.6) is 0 Å². The third-order valence-corrected chi connectivity index (χ3v) is 1.27. The number of unbranched alkanes of at least 4 members (excludes halogenated alkanes) is 2. The maximum absolute atomic E-state index is 8.28. The Kier molecular flexibility index (Phi) is 11.7. The van der Waals surface area contributed by atoms with Crippen LogP contribution in [0.2, 0.25) is 0 Å². The molecule has 0 aromatic rings. The zero-order valence-electron chi connectivity index (χ0n) is 8.79. The van der Waals surface area contributed by atoms with Crippen LogP contribution in [-0.4, -0.2) is 35.5 Å². The molecule has 0 atom stereocenters. The summed E-state index contributed by atoms with van der Waals surface area (Å²) in [6.07, 6.45) is 3.00. The monoisotopic (exact) mass is 192 g/mol. The lowest BCUT2D eigenvalue weighted by Crippen LogP contribution is -2.35. The summed E-state index contributed by atoms with van der Waals surface area (Å²) in [4.78, 5) is 0. The first-order chi connectivity index (χ1) is 5.97. The van der Waals surface area contributed by atoms with Gasteiger partial charge in [-0.2, -0.15) is 0 Å². The molecule has 0 heterocycles. The number of nitrogens with two attached hydrogens (primary N) is 2. The van der Waals surface area contributed by atoms with Crippen molar-refractivity contribution in [2.75, 3.05) is 19.8 Å². The maximum atomic E-state index is 8.28. The Morgan fingerprint density at radius 3 is 1.77 bits per heavy atom. The highest BCUT2D eigenvalue weighted by Crippen LogP contribution is 1.90. The second-order valence-electron chi connectivity index (χ2n) is 3.72. The molecule has 0 rings (SSSR count). The van der Waals surface area contributed by atoms with Crippen molar-refractivity contribution in [2.45, 2.75) is 38.6 Å². The van der Waals surface area contributed by atoms with Crippen molar-refractivity contribution in [3.05, 3.63) is 0 Å². The van der Waals surface area contributed by atoms with E-state index in [-0.39, 0.29) is 6.61 Å². The summed E-state index contributed by atoms with van der Waals surface area (Å²) in [6.45, 7) is 4.65. The number of aliphatic hydroxyl groups excluding tert-OH is 2. The van der Waals surface area contributed by atoms with Gasteiger partial charge >= 0.3 is 0 Å². The van der Waals surface area contributed by atoms with Gasteiger partial charge in [-0.25, -0.2) is 0 Å². The Labute approximate surface area is 80.9 Å². The molecule has 0 bridgehead atoms. The van der Waals surface area contributed by atoms with E-state index in [1.807, 2.05) is 0 Å². The van der Waals surface area contributed by atoms with Crippen molar-refractivity contribution in [2.24, 2.45) is 11.5 Å². The molecule has 13 heavy (non-hydrogen) atoms. The summed E-state index contributed by atoms with van der Waals surface area (Å²) in [5, 5.41) is 16.5. The minimum atomic E-state index is -0.403. The summed E-state index contributed by atoms with van der Waals surface area (Å²) < 4.78 is 0. The standard InChI is InChI=1S/C5H13NO.C4H11NO/c6-4-2-1-3-5-7;1-4(2,5)3-6/h7H,1-6H2;6H,3,5H2,1-2H3. The van der Waals surface area contributed by atoms with E-state index in [9.17, 15) is 0 Å². The van der Waals surface area contributed by atoms with E-state index in [0.29, 0.717) is 6.61 Å². The topological polar surface area (TPSA) is 92.5 Å². The lowest BCUT2D eigenvalue weighted by atomic mass is 10.1. The van der Waals surface area contributed by atoms with Gasteiger partial charge in [-0.05, 0) is 39.7 Å². The first kappa shape index (κ1) is 15.3. The van der Waals surface area contributed by atoms with E-state index in [1.165, 1.54) is 0 Å². The van der Waals surface area contributed by atoms with Crippen LogP contribution in [-0.2, 0) is 0 Å². The molecule has 0 radical (unpaired) electrons. The fourth-order valence-electron chi connectivity index (χ4n) is 0.433. The van der Waals surface area contributed by atoms with Crippen LogP contribution in [0.15, 0.2) is 0 Å². The van der Waals surface area contributed by atoms with Crippen molar-refractivity contribution in [1.29, 1.82) is 0 Å². The summed E-state index contributed by atoms with van der Waals surface area (Å²) >= 11 is 0. The largest absolute Gasteiger partial charge is 0.396 e. The first-order valence-corrected chi connectivity index (χ1v) is 4.68. The average molecular weight is 192 g/mol. The third-order valence-electron chi connectivity index (χ3n) is 1.27. The van der Waals surface area contributed by atoms with Gasteiger partial charge in [-0.3, -0.25) is 0 Å². The van der Waals surface area contributed by atoms with Gasteiger partial charge < -0.3 is 21.7 Å². The fraction of sp³-hybridized carbons (Fsp3) is 1.00. The van der Waals surface area contributed by atoms with Crippen molar-refractivity contribution in [1.82, 2.24) is 0 Å². The molecule has 4 heteroatoms. The summed E-state index contributed by atoms with van der Waals surface area (Å²) in [7, 11) is 0. The lowest BCUT2D eigenvalue weighted by Gasteiger charge is -2.12. The number of hydrogen-bond acceptors (Lipinski definition) is 4. The Balaban J connectivity index is 0. The van der Waals surface area contributed by atoms with Crippen LogP contribution < -0.4 is 11.5 Å². The van der Waals surface area contributed by atoms with Gasteiger partial charge in [0.2, 0.25) is 0 Å². The van der Waals surface area contributed by atoms with Crippen LogP contribution in [0.3, 0.4) is 0 Å². The predicted octanol–water partition coefficient (Wildman–Crippen LogP) is -0.176. The molecular weight excluding hydrogens is 168 g/mol. The van der Waals surface area contributed by atoms with Crippen molar-refractivity contribution >= 4 is 0 Å². The first-order valence-electron chi connectivity index (χ1n) is 4.68. The predicted molar refractivity (Wildman–Crippen MR) is 55.3 cm³/mol. The van der Waals surface area contributed by atoms with E-state index in [0.717, 1.165) is 25.8 Å². The molecule has 4 nitrogen and oxygen atoms in total. The molecule has 82 valence electrons. The molecule has 0 saturated heterocycles. The highest BCUT2D eigenvalue weighted by molar-refractivity contribution is 4.67. The second-order valence-corrected chi connectivity index (χ2v) is 3.72. The van der Waals surface area contributed by atoms with Gasteiger partial charge in [0, 0.05) is 12.1 Å². The van der Waals surface area contributed by atoms with Crippen LogP contribution in [0.25, 0.3) is 0 Å². The normalized spacial score (nSPS) is 10.6. The molecule has 0 fully saturated rings. The van der Waals surface area contributed by atoms with E-state index in [1.54, 1.807) is 13.8 Å². The Morgan fingerprint density at radius 2 is 1.54 bits per heavy atom. The number of rotatable bonds is 5. The fourth-order valence-corrected chi connectivity index (χ4v) is 0.433. The SMILES string of the molecule is CC(C)(N)CO.NCCCCCO. The molecule has 6 N–H and O–H groups in total. The smallest absolute Gasteiger partial charge is 0.0605 e. The van der Waals surface area contributed by atoms with E-state index in [4.69, 9.17) is 21.7 Å². The highest BCUT2D eigenvalue weighted by Gasteiger charge is 2.05. The summed E-state index contributed by atoms with van der Waals surface area (Å²) in [6, 6.07) is 0. The van der Waals surface area contributed by atoms with Gasteiger partial charge in [-0.15, -0.1) is 0 Å². The van der Waals surface area contributed by atoms with Crippen molar-refractivity contribution in [3.8, 4) is 0 Å². The maximum Gasteiger partial charge on any atom is 0.0605 e. The molecule has 0 saturated carbocycles. The molecule has 0 aromatic heterocycles. The Hall–Kier alpha value is -0.160. The molecule has 0 aromatic carbocycles. The Bertz CT molecular complexity index is 88.1. The zero-order valence-corrected chi connectivity index (χ0v) is 8.79. The third kappa shape index (κ3) is 24.5. The van der Waals surface area contributed by atoms with Crippen LogP contribution in [0.1, 0.15) is 33.1 Å². The minimum Gasteiger partial charge on any atom is -0.396 e. The molecule has 0 aliphatic carbocycles. The minimum absolute atomic E-state index is 0.0486. The Morgan fingerprint density at radius 1 is 1.08 bits per heavy atom. The molecule has 0 aliphatic heterocycles. The molecule has 0 amide bonds. The van der Waals surface area contributed by atoms with Gasteiger partial charge in [0.15, 0.2) is 0 Å². The van der Waals surface area contributed by atoms with E-state index >= 15 is 0 Å². The van der Waals surface area contributed by atoms with Gasteiger partial charge in [0.1, 0.15) is 0 Å². The van der Waals surface area contributed by atoms with Crippen LogP contribution in [0.4, 0.5) is 0 Å². The zero-order chi connectivity index (χ0) is 10.7. The van der Waals surface area contributed by atoms with E-state index in [2.05, 4.69) is 0 Å². The second kappa shape index (κ2) is 9.92. The molecular formula is C9H24N2O2. The lowest BCUT2D eigenvalue weighted by molar-refractivity contribution is 0.221. The van der Waals surface area contributed by atoms with Crippen LogP contribution >= 0.6 is 0 Å².